The van der Waals surface area contributed by atoms with Gasteiger partial charge in [0.05, 0.1) is 12.2 Å². The quantitative estimate of drug-likeness (QED) is 0.862. The first-order valence-electron chi connectivity index (χ1n) is 7.93. The van der Waals surface area contributed by atoms with Crippen LogP contribution >= 0.6 is 15.9 Å². The molecule has 4 rings (SSSR count). The Bertz CT molecular complexity index is 751. The summed E-state index contributed by atoms with van der Waals surface area (Å²) in [6.45, 7) is 4.46. The summed E-state index contributed by atoms with van der Waals surface area (Å²) in [5.41, 5.74) is 6.79. The van der Waals surface area contributed by atoms with E-state index in [-0.39, 0.29) is 11.7 Å². The molecule has 2 aromatic rings. The summed E-state index contributed by atoms with van der Waals surface area (Å²) in [4.78, 5) is 4.73. The number of nitrogens with zero attached hydrogens (tertiary/aromatic N) is 3. The molecule has 0 radical (unpaired) electrons. The van der Waals surface area contributed by atoms with Gasteiger partial charge in [-0.3, -0.25) is 9.67 Å². The van der Waals surface area contributed by atoms with Crippen molar-refractivity contribution < 1.29 is 4.39 Å². The number of benzene rings is 1. The van der Waals surface area contributed by atoms with E-state index in [0.717, 1.165) is 23.0 Å². The smallest absolute Gasteiger partial charge is 0.135 e. The maximum absolute atomic E-state index is 14.6. The summed E-state index contributed by atoms with van der Waals surface area (Å²) in [7, 11) is 0. The van der Waals surface area contributed by atoms with E-state index in [1.54, 1.807) is 12.3 Å². The SMILES string of the molecule is CC.NC1=NC(c2cc(Br)ccc2F)(C2CC2)c2ccnn2C1. The van der Waals surface area contributed by atoms with E-state index in [1.165, 1.54) is 6.07 Å². The van der Waals surface area contributed by atoms with Crippen molar-refractivity contribution in [3.05, 3.63) is 52.0 Å². The molecule has 23 heavy (non-hydrogen) atoms. The van der Waals surface area contributed by atoms with Gasteiger partial charge in [0.2, 0.25) is 0 Å². The van der Waals surface area contributed by atoms with Gasteiger partial charge < -0.3 is 5.73 Å². The Morgan fingerprint density at radius 3 is 2.74 bits per heavy atom. The minimum Gasteiger partial charge on any atom is -0.386 e. The average Bonchev–Trinajstić information content (AvgIpc) is 3.30. The van der Waals surface area contributed by atoms with Crippen LogP contribution < -0.4 is 5.73 Å². The molecule has 0 bridgehead atoms. The Balaban J connectivity index is 0.000000753. The highest BCUT2D eigenvalue weighted by atomic mass is 79.9. The molecule has 1 aromatic heterocycles. The third kappa shape index (κ3) is 2.59. The molecule has 1 aromatic carbocycles. The van der Waals surface area contributed by atoms with Gasteiger partial charge in [0.15, 0.2) is 0 Å². The first-order valence-corrected chi connectivity index (χ1v) is 8.72. The van der Waals surface area contributed by atoms with Crippen LogP contribution in [0.5, 0.6) is 0 Å². The highest BCUT2D eigenvalue weighted by molar-refractivity contribution is 9.10. The van der Waals surface area contributed by atoms with Crippen LogP contribution in [-0.2, 0) is 12.1 Å². The lowest BCUT2D eigenvalue weighted by atomic mass is 9.81. The van der Waals surface area contributed by atoms with E-state index in [9.17, 15) is 4.39 Å². The second-order valence-corrected chi connectivity index (χ2v) is 6.56. The maximum Gasteiger partial charge on any atom is 0.135 e. The molecular weight excluding hydrogens is 359 g/mol. The van der Waals surface area contributed by atoms with Gasteiger partial charge in [-0.1, -0.05) is 29.8 Å². The fourth-order valence-electron chi connectivity index (χ4n) is 3.26. The number of halogens is 2. The molecule has 1 saturated carbocycles. The van der Waals surface area contributed by atoms with E-state index in [1.807, 2.05) is 30.7 Å². The van der Waals surface area contributed by atoms with Crippen molar-refractivity contribution in [1.82, 2.24) is 9.78 Å². The number of hydrogen-bond acceptors (Lipinski definition) is 3. The molecule has 2 heterocycles. The van der Waals surface area contributed by atoms with E-state index in [2.05, 4.69) is 21.0 Å². The third-order valence-corrected chi connectivity index (χ3v) is 4.74. The molecule has 4 nitrogen and oxygen atoms in total. The molecule has 6 heteroatoms. The fraction of sp³-hybridized carbons (Fsp3) is 0.412. The Morgan fingerprint density at radius 2 is 2.04 bits per heavy atom. The molecule has 0 amide bonds. The average molecular weight is 379 g/mol. The standard InChI is InChI=1S/C15H14BrFN4.C2H6/c16-10-3-4-12(17)11(7-10)15(9-1-2-9)13-5-6-19-21(13)8-14(18)20-15;1-2/h3-7,9H,1-2,8H2,(H2,18,20);1-2H3. The molecule has 1 aliphatic carbocycles. The largest absolute Gasteiger partial charge is 0.386 e. The zero-order valence-corrected chi connectivity index (χ0v) is 14.8. The van der Waals surface area contributed by atoms with Gasteiger partial charge in [0.25, 0.3) is 0 Å². The molecule has 1 fully saturated rings. The van der Waals surface area contributed by atoms with Crippen molar-refractivity contribution in [3.63, 3.8) is 0 Å². The molecule has 0 saturated heterocycles. The summed E-state index contributed by atoms with van der Waals surface area (Å²) in [5.74, 6) is 0.518. The minimum absolute atomic E-state index is 0.253. The lowest BCUT2D eigenvalue weighted by Crippen LogP contribution is -2.41. The summed E-state index contributed by atoms with van der Waals surface area (Å²) >= 11 is 3.43. The summed E-state index contributed by atoms with van der Waals surface area (Å²) in [6, 6.07) is 6.92. The van der Waals surface area contributed by atoms with E-state index >= 15 is 0 Å². The predicted molar refractivity (Wildman–Crippen MR) is 92.8 cm³/mol. The fourth-order valence-corrected chi connectivity index (χ4v) is 3.63. The number of hydrogen-bond donors (Lipinski definition) is 1. The van der Waals surface area contributed by atoms with Crippen molar-refractivity contribution in [2.45, 2.75) is 38.8 Å². The van der Waals surface area contributed by atoms with Crippen LogP contribution in [0, 0.1) is 11.7 Å². The van der Waals surface area contributed by atoms with Crippen LogP contribution in [0.2, 0.25) is 0 Å². The molecule has 2 N–H and O–H groups in total. The second kappa shape index (κ2) is 6.07. The zero-order chi connectivity index (χ0) is 16.6. The number of aromatic nitrogens is 2. The lowest BCUT2D eigenvalue weighted by Gasteiger charge is -2.35. The lowest BCUT2D eigenvalue weighted by molar-refractivity contribution is 0.392. The molecule has 122 valence electrons. The monoisotopic (exact) mass is 378 g/mol. The summed E-state index contributed by atoms with van der Waals surface area (Å²) < 4.78 is 17.2. The van der Waals surface area contributed by atoms with Gasteiger partial charge in [-0.05, 0) is 43.0 Å². The number of amidine groups is 1. The van der Waals surface area contributed by atoms with Gasteiger partial charge in [-0.25, -0.2) is 4.39 Å². The van der Waals surface area contributed by atoms with Gasteiger partial charge in [-0.2, -0.15) is 5.10 Å². The third-order valence-electron chi connectivity index (χ3n) is 4.25. The normalized spacial score (nSPS) is 22.7. The van der Waals surface area contributed by atoms with E-state index in [4.69, 9.17) is 10.7 Å². The van der Waals surface area contributed by atoms with E-state index < -0.39 is 5.54 Å². The Hall–Kier alpha value is -1.69. The number of rotatable bonds is 2. The number of aliphatic imine (C=N–C) groups is 1. The number of fused-ring (bicyclic) bond motifs is 1. The first-order chi connectivity index (χ1) is 11.1. The molecule has 1 aliphatic heterocycles. The molecular formula is C17H20BrFN4. The topological polar surface area (TPSA) is 56.2 Å². The zero-order valence-electron chi connectivity index (χ0n) is 13.3. The maximum atomic E-state index is 14.6. The van der Waals surface area contributed by atoms with Crippen LogP contribution in [0.1, 0.15) is 37.9 Å². The van der Waals surface area contributed by atoms with Crippen molar-refractivity contribution in [1.29, 1.82) is 0 Å². The first kappa shape index (κ1) is 16.2. The van der Waals surface area contributed by atoms with Crippen molar-refractivity contribution in [3.8, 4) is 0 Å². The second-order valence-electron chi connectivity index (χ2n) is 5.64. The predicted octanol–water partition coefficient (Wildman–Crippen LogP) is 3.84. The minimum atomic E-state index is -0.743. The van der Waals surface area contributed by atoms with E-state index in [0.29, 0.717) is 17.9 Å². The van der Waals surface area contributed by atoms with Crippen LogP contribution in [0.3, 0.4) is 0 Å². The Kier molecular flexibility index (Phi) is 4.27. The molecule has 2 aliphatic rings. The van der Waals surface area contributed by atoms with Gasteiger partial charge in [-0.15, -0.1) is 0 Å². The van der Waals surface area contributed by atoms with Crippen molar-refractivity contribution >= 4 is 21.8 Å². The van der Waals surface area contributed by atoms with Gasteiger partial charge in [0.1, 0.15) is 17.2 Å². The van der Waals surface area contributed by atoms with Crippen molar-refractivity contribution in [2.24, 2.45) is 16.6 Å². The van der Waals surface area contributed by atoms with Gasteiger partial charge >= 0.3 is 0 Å². The number of nitrogens with two attached hydrogens (primary N) is 1. The van der Waals surface area contributed by atoms with Crippen LogP contribution in [0.4, 0.5) is 4.39 Å². The van der Waals surface area contributed by atoms with Crippen LogP contribution in [0.15, 0.2) is 39.9 Å². The summed E-state index contributed by atoms with van der Waals surface area (Å²) in [5, 5.41) is 4.31. The van der Waals surface area contributed by atoms with Crippen molar-refractivity contribution in [2.75, 3.05) is 0 Å². The van der Waals surface area contributed by atoms with Crippen LogP contribution in [-0.4, -0.2) is 15.6 Å². The van der Waals surface area contributed by atoms with Gasteiger partial charge in [0, 0.05) is 16.2 Å². The highest BCUT2D eigenvalue weighted by Gasteiger charge is 2.52. The Labute approximate surface area is 143 Å². The van der Waals surface area contributed by atoms with Crippen LogP contribution in [0.25, 0.3) is 0 Å². The molecule has 1 unspecified atom stereocenters. The molecule has 0 spiro atoms. The Morgan fingerprint density at radius 1 is 1.30 bits per heavy atom. The summed E-state index contributed by atoms with van der Waals surface area (Å²) in [6.07, 6.45) is 3.78. The highest BCUT2D eigenvalue weighted by Crippen LogP contribution is 2.54. The molecule has 1 atom stereocenters.